The number of hydrogen-bond acceptors (Lipinski definition) is 5. The van der Waals surface area contributed by atoms with Gasteiger partial charge in [0, 0.05) is 37.6 Å². The van der Waals surface area contributed by atoms with Gasteiger partial charge in [-0.15, -0.1) is 0 Å². The average molecular weight is 370 g/mol. The Labute approximate surface area is 155 Å². The average Bonchev–Trinajstić information content (AvgIpc) is 3.23. The molecule has 0 aliphatic carbocycles. The van der Waals surface area contributed by atoms with Gasteiger partial charge < -0.3 is 19.9 Å². The first kappa shape index (κ1) is 17.2. The smallest absolute Gasteiger partial charge is 0.350 e. The lowest BCUT2D eigenvalue weighted by Gasteiger charge is -2.28. The maximum atomic E-state index is 12.3. The quantitative estimate of drug-likeness (QED) is 0.662. The summed E-state index contributed by atoms with van der Waals surface area (Å²) in [7, 11) is 1.62. The Morgan fingerprint density at radius 2 is 2.26 bits per heavy atom. The lowest BCUT2D eigenvalue weighted by molar-refractivity contribution is 0.0948. The summed E-state index contributed by atoms with van der Waals surface area (Å²) in [4.78, 5) is 29.5. The van der Waals surface area contributed by atoms with Crippen molar-refractivity contribution in [2.45, 2.75) is 19.8 Å². The Balaban J connectivity index is 1.65. The van der Waals surface area contributed by atoms with Crippen LogP contribution in [0.4, 0.5) is 11.5 Å². The summed E-state index contributed by atoms with van der Waals surface area (Å²) in [6.45, 7) is 3.85. The van der Waals surface area contributed by atoms with E-state index >= 15 is 0 Å². The summed E-state index contributed by atoms with van der Waals surface area (Å²) < 4.78 is 8.51. The minimum Gasteiger partial charge on any atom is -0.488 e. The summed E-state index contributed by atoms with van der Waals surface area (Å²) in [5.41, 5.74) is 1.72. The molecule has 0 aromatic carbocycles. The fourth-order valence-electron chi connectivity index (χ4n) is 3.18. The third-order valence-corrected chi connectivity index (χ3v) is 4.63. The van der Waals surface area contributed by atoms with E-state index in [0.29, 0.717) is 36.8 Å². The molecule has 0 atom stereocenters. The second-order valence-electron chi connectivity index (χ2n) is 6.52. The normalized spacial score (nSPS) is 13.5. The molecule has 3 aromatic rings. The van der Waals surface area contributed by atoms with Gasteiger partial charge in [-0.1, -0.05) is 13.3 Å². The Hall–Kier alpha value is -3.23. The van der Waals surface area contributed by atoms with E-state index in [9.17, 15) is 9.59 Å². The van der Waals surface area contributed by atoms with Crippen LogP contribution in [0.5, 0.6) is 5.75 Å². The van der Waals surface area contributed by atoms with Crippen molar-refractivity contribution in [1.82, 2.24) is 24.5 Å². The molecule has 4 heterocycles. The van der Waals surface area contributed by atoms with Crippen molar-refractivity contribution in [1.29, 1.82) is 0 Å². The molecule has 0 saturated heterocycles. The molecule has 27 heavy (non-hydrogen) atoms. The van der Waals surface area contributed by atoms with E-state index in [1.807, 2.05) is 17.0 Å². The summed E-state index contributed by atoms with van der Waals surface area (Å²) in [6.07, 6.45) is 3.67. The fraction of sp³-hybridized carbons (Fsp3) is 0.389. The van der Waals surface area contributed by atoms with Crippen LogP contribution in [0.2, 0.25) is 0 Å². The van der Waals surface area contributed by atoms with Crippen LogP contribution < -0.4 is 20.6 Å². The summed E-state index contributed by atoms with van der Waals surface area (Å²) >= 11 is 0. The van der Waals surface area contributed by atoms with Crippen LogP contribution in [0.25, 0.3) is 5.65 Å². The zero-order chi connectivity index (χ0) is 19.0. The van der Waals surface area contributed by atoms with E-state index in [2.05, 4.69) is 22.3 Å². The second-order valence-corrected chi connectivity index (χ2v) is 6.52. The van der Waals surface area contributed by atoms with Crippen LogP contribution in [0.3, 0.4) is 0 Å². The van der Waals surface area contributed by atoms with Gasteiger partial charge in [0.05, 0.1) is 6.54 Å². The standard InChI is InChI=1S/C18H22N6O3/c1-3-4-6-19-17(25)13-11-14-16(20-13)23(8-9-27-14)12-5-7-24-15(10-12)21-22(2)18(24)26/h5,7,10-11,20H,3-4,6,8-9H2,1-2H3,(H,19,25). The molecule has 1 amide bonds. The molecule has 0 spiro atoms. The zero-order valence-electron chi connectivity index (χ0n) is 15.4. The van der Waals surface area contributed by atoms with Crippen molar-refractivity contribution < 1.29 is 9.53 Å². The highest BCUT2D eigenvalue weighted by molar-refractivity contribution is 5.94. The molecule has 9 nitrogen and oxygen atoms in total. The highest BCUT2D eigenvalue weighted by Gasteiger charge is 2.25. The van der Waals surface area contributed by atoms with Gasteiger partial charge in [-0.2, -0.15) is 5.10 Å². The van der Waals surface area contributed by atoms with Gasteiger partial charge >= 0.3 is 5.69 Å². The van der Waals surface area contributed by atoms with E-state index in [1.165, 1.54) is 9.08 Å². The van der Waals surface area contributed by atoms with Gasteiger partial charge in [0.2, 0.25) is 0 Å². The lowest BCUT2D eigenvalue weighted by atomic mass is 10.3. The highest BCUT2D eigenvalue weighted by atomic mass is 16.5. The van der Waals surface area contributed by atoms with Crippen molar-refractivity contribution in [3.63, 3.8) is 0 Å². The van der Waals surface area contributed by atoms with Crippen LogP contribution >= 0.6 is 0 Å². The number of anilines is 2. The van der Waals surface area contributed by atoms with Crippen LogP contribution in [0, 0.1) is 0 Å². The van der Waals surface area contributed by atoms with Gasteiger partial charge in [0.15, 0.2) is 17.2 Å². The zero-order valence-corrected chi connectivity index (χ0v) is 15.4. The van der Waals surface area contributed by atoms with Gasteiger partial charge in [-0.05, 0) is 12.5 Å². The number of aromatic nitrogens is 4. The van der Waals surface area contributed by atoms with E-state index in [1.54, 1.807) is 19.3 Å². The van der Waals surface area contributed by atoms with Crippen LogP contribution in [-0.2, 0) is 7.05 Å². The monoisotopic (exact) mass is 370 g/mol. The van der Waals surface area contributed by atoms with Crippen molar-refractivity contribution in [2.24, 2.45) is 7.05 Å². The predicted octanol–water partition coefficient (Wildman–Crippen LogP) is 1.42. The number of H-pyrrole nitrogens is 1. The van der Waals surface area contributed by atoms with Gasteiger partial charge in [0.1, 0.15) is 12.3 Å². The van der Waals surface area contributed by atoms with Crippen molar-refractivity contribution >= 4 is 23.1 Å². The summed E-state index contributed by atoms with van der Waals surface area (Å²) in [6, 6.07) is 5.43. The summed E-state index contributed by atoms with van der Waals surface area (Å²) in [5, 5.41) is 7.14. The minimum absolute atomic E-state index is 0.145. The van der Waals surface area contributed by atoms with Gasteiger partial charge in [-0.3, -0.25) is 9.20 Å². The number of fused-ring (bicyclic) bond motifs is 2. The number of nitrogens with one attached hydrogen (secondary N) is 2. The number of amides is 1. The number of carbonyl (C=O) groups is 1. The second kappa shape index (κ2) is 6.82. The molecule has 142 valence electrons. The molecule has 0 radical (unpaired) electrons. The molecule has 0 fully saturated rings. The largest absolute Gasteiger partial charge is 0.488 e. The van der Waals surface area contributed by atoms with E-state index in [-0.39, 0.29) is 11.6 Å². The van der Waals surface area contributed by atoms with Crippen molar-refractivity contribution in [3.05, 3.63) is 40.6 Å². The van der Waals surface area contributed by atoms with Gasteiger partial charge in [0.25, 0.3) is 5.91 Å². The maximum Gasteiger partial charge on any atom is 0.350 e. The Morgan fingerprint density at radius 3 is 3.07 bits per heavy atom. The first-order valence-corrected chi connectivity index (χ1v) is 9.05. The molecule has 1 aliphatic rings. The molecular weight excluding hydrogens is 348 g/mol. The molecule has 0 saturated carbocycles. The van der Waals surface area contributed by atoms with E-state index in [0.717, 1.165) is 24.3 Å². The molecule has 0 bridgehead atoms. The maximum absolute atomic E-state index is 12.3. The van der Waals surface area contributed by atoms with Crippen LogP contribution in [-0.4, -0.2) is 44.8 Å². The SMILES string of the molecule is CCCCNC(=O)c1cc2c([nH]1)N(c1ccn3c(=O)n(C)nc3c1)CCO2. The number of unbranched alkanes of at least 4 members (excludes halogenated alkanes) is 1. The number of ether oxygens (including phenoxy) is 1. The van der Waals surface area contributed by atoms with Gasteiger partial charge in [-0.25, -0.2) is 9.48 Å². The number of aromatic amines is 1. The van der Waals surface area contributed by atoms with Crippen LogP contribution in [0.1, 0.15) is 30.3 Å². The molecule has 1 aliphatic heterocycles. The van der Waals surface area contributed by atoms with Crippen LogP contribution in [0.15, 0.2) is 29.2 Å². The molecule has 0 unspecified atom stereocenters. The van der Waals surface area contributed by atoms with Crippen molar-refractivity contribution in [3.8, 4) is 5.75 Å². The Kier molecular flexibility index (Phi) is 4.35. The molecule has 2 N–H and O–H groups in total. The third-order valence-electron chi connectivity index (χ3n) is 4.63. The minimum atomic E-state index is -0.190. The third kappa shape index (κ3) is 3.05. The Morgan fingerprint density at radius 1 is 1.41 bits per heavy atom. The number of hydrogen-bond donors (Lipinski definition) is 2. The summed E-state index contributed by atoms with van der Waals surface area (Å²) in [5.74, 6) is 1.22. The first-order valence-electron chi connectivity index (χ1n) is 9.05. The first-order chi connectivity index (χ1) is 13.1. The highest BCUT2D eigenvalue weighted by Crippen LogP contribution is 2.36. The molecular formula is C18H22N6O3. The number of carbonyl (C=O) groups excluding carboxylic acids is 1. The fourth-order valence-corrected chi connectivity index (χ4v) is 3.18. The van der Waals surface area contributed by atoms with E-state index in [4.69, 9.17) is 4.74 Å². The lowest BCUT2D eigenvalue weighted by Crippen LogP contribution is -2.29. The number of rotatable bonds is 5. The molecule has 3 aromatic heterocycles. The number of aryl methyl sites for hydroxylation is 1. The number of pyridine rings is 1. The predicted molar refractivity (Wildman–Crippen MR) is 101 cm³/mol. The molecule has 4 rings (SSSR count). The van der Waals surface area contributed by atoms with E-state index < -0.39 is 0 Å². The number of nitrogens with zero attached hydrogens (tertiary/aromatic N) is 4. The molecule has 9 heteroatoms. The topological polar surface area (TPSA) is 96.7 Å². The Bertz CT molecular complexity index is 1050. The van der Waals surface area contributed by atoms with Crippen molar-refractivity contribution in [2.75, 3.05) is 24.6 Å².